The van der Waals surface area contributed by atoms with Gasteiger partial charge >= 0.3 is 11.1 Å². The SMILES string of the molecule is Nc1nc(=O)c2[nH]cnc2n1Cc1ccccc1.Nc1nc(=O)c2[nH]cnc2n1Cc1ccccc1. The molecular formula is C24H22N10O2. The largest absolute Gasteiger partial charge is 0.369 e. The van der Waals surface area contributed by atoms with Crippen LogP contribution in [0.4, 0.5) is 11.9 Å². The first kappa shape index (κ1) is 22.5. The van der Waals surface area contributed by atoms with Crippen LogP contribution in [0.5, 0.6) is 0 Å². The first-order chi connectivity index (χ1) is 17.5. The van der Waals surface area contributed by atoms with E-state index in [-0.39, 0.29) is 23.0 Å². The van der Waals surface area contributed by atoms with Gasteiger partial charge in [-0.3, -0.25) is 18.7 Å². The Balaban J connectivity index is 0.000000148. The third-order valence-corrected chi connectivity index (χ3v) is 5.53. The number of anilines is 2. The van der Waals surface area contributed by atoms with Gasteiger partial charge in [0.2, 0.25) is 11.9 Å². The molecule has 0 unspecified atom stereocenters. The highest BCUT2D eigenvalue weighted by molar-refractivity contribution is 5.71. The highest BCUT2D eigenvalue weighted by Crippen LogP contribution is 2.13. The lowest BCUT2D eigenvalue weighted by molar-refractivity contribution is 0.805. The number of imidazole rings is 2. The van der Waals surface area contributed by atoms with Crippen LogP contribution in [0, 0.1) is 0 Å². The number of benzene rings is 2. The molecule has 12 heteroatoms. The van der Waals surface area contributed by atoms with Gasteiger partial charge in [0.1, 0.15) is 0 Å². The normalized spacial score (nSPS) is 10.9. The average molecular weight is 483 g/mol. The molecule has 0 radical (unpaired) electrons. The van der Waals surface area contributed by atoms with E-state index in [0.717, 1.165) is 11.1 Å². The summed E-state index contributed by atoms with van der Waals surface area (Å²) >= 11 is 0. The Bertz CT molecular complexity index is 1620. The lowest BCUT2D eigenvalue weighted by Gasteiger charge is -2.09. The van der Waals surface area contributed by atoms with E-state index >= 15 is 0 Å². The van der Waals surface area contributed by atoms with Crippen molar-refractivity contribution in [3.63, 3.8) is 0 Å². The quantitative estimate of drug-likeness (QED) is 0.292. The molecule has 6 aromatic rings. The molecule has 0 atom stereocenters. The van der Waals surface area contributed by atoms with Gasteiger partial charge < -0.3 is 21.4 Å². The van der Waals surface area contributed by atoms with Crippen molar-refractivity contribution in [2.24, 2.45) is 0 Å². The van der Waals surface area contributed by atoms with Crippen LogP contribution in [0.25, 0.3) is 22.3 Å². The molecular weight excluding hydrogens is 460 g/mol. The lowest BCUT2D eigenvalue weighted by atomic mass is 10.2. The Morgan fingerprint density at radius 3 is 1.42 bits per heavy atom. The van der Waals surface area contributed by atoms with Gasteiger partial charge in [0.25, 0.3) is 0 Å². The molecule has 0 fully saturated rings. The van der Waals surface area contributed by atoms with Crippen molar-refractivity contribution < 1.29 is 0 Å². The van der Waals surface area contributed by atoms with Crippen LogP contribution in [0.15, 0.2) is 82.9 Å². The number of rotatable bonds is 4. The number of nitrogens with one attached hydrogen (secondary N) is 2. The van der Waals surface area contributed by atoms with Gasteiger partial charge in [-0.05, 0) is 11.1 Å². The monoisotopic (exact) mass is 482 g/mol. The Morgan fingerprint density at radius 1 is 0.639 bits per heavy atom. The fourth-order valence-electron chi connectivity index (χ4n) is 3.80. The van der Waals surface area contributed by atoms with Crippen molar-refractivity contribution in [3.8, 4) is 0 Å². The molecule has 2 aromatic carbocycles. The Morgan fingerprint density at radius 2 is 1.03 bits per heavy atom. The summed E-state index contributed by atoms with van der Waals surface area (Å²) in [6.45, 7) is 1.06. The fraction of sp³-hybridized carbons (Fsp3) is 0.0833. The first-order valence-electron chi connectivity index (χ1n) is 11.0. The van der Waals surface area contributed by atoms with Gasteiger partial charge in [0.15, 0.2) is 22.3 Å². The molecule has 0 spiro atoms. The average Bonchev–Trinajstić information content (AvgIpc) is 3.57. The van der Waals surface area contributed by atoms with Gasteiger partial charge in [-0.15, -0.1) is 0 Å². The molecule has 0 saturated carbocycles. The van der Waals surface area contributed by atoms with Crippen LogP contribution in [-0.2, 0) is 13.1 Å². The highest BCUT2D eigenvalue weighted by atomic mass is 16.1. The molecule has 6 N–H and O–H groups in total. The number of hydrogen-bond acceptors (Lipinski definition) is 8. The molecule has 36 heavy (non-hydrogen) atoms. The highest BCUT2D eigenvalue weighted by Gasteiger charge is 2.12. The zero-order chi connectivity index (χ0) is 25.1. The third kappa shape index (κ3) is 4.42. The summed E-state index contributed by atoms with van der Waals surface area (Å²) in [4.78, 5) is 44.6. The minimum atomic E-state index is -0.385. The van der Waals surface area contributed by atoms with E-state index in [2.05, 4.69) is 29.9 Å². The van der Waals surface area contributed by atoms with Gasteiger partial charge in [-0.1, -0.05) is 60.7 Å². The summed E-state index contributed by atoms with van der Waals surface area (Å²) in [6, 6.07) is 19.6. The van der Waals surface area contributed by atoms with Crippen LogP contribution in [0.2, 0.25) is 0 Å². The summed E-state index contributed by atoms with van der Waals surface area (Å²) < 4.78 is 3.42. The van der Waals surface area contributed by atoms with Crippen LogP contribution in [-0.4, -0.2) is 39.0 Å². The van der Waals surface area contributed by atoms with E-state index in [0.29, 0.717) is 35.4 Å². The number of H-pyrrole nitrogens is 2. The molecule has 180 valence electrons. The number of aromatic nitrogens is 8. The standard InChI is InChI=1S/2C12H11N5O/c2*13-12-16-11(18)9-10(15-7-14-9)17(12)6-8-4-2-1-3-5-8/h2*1-5,7H,6H2,(H,14,15)(H2,13,16,18). The predicted molar refractivity (Wildman–Crippen MR) is 136 cm³/mol. The topological polar surface area (TPSA) is 179 Å². The van der Waals surface area contributed by atoms with Gasteiger partial charge in [-0.2, -0.15) is 9.97 Å². The molecule has 0 aliphatic heterocycles. The van der Waals surface area contributed by atoms with Crippen LogP contribution in [0.1, 0.15) is 11.1 Å². The summed E-state index contributed by atoms with van der Waals surface area (Å²) in [5, 5.41) is 0. The van der Waals surface area contributed by atoms with Crippen molar-refractivity contribution in [2.45, 2.75) is 13.1 Å². The molecule has 4 heterocycles. The van der Waals surface area contributed by atoms with Crippen molar-refractivity contribution in [1.29, 1.82) is 0 Å². The second-order valence-electron chi connectivity index (χ2n) is 7.90. The summed E-state index contributed by atoms with van der Waals surface area (Å²) in [5.74, 6) is 0.340. The molecule has 6 rings (SSSR count). The fourth-order valence-corrected chi connectivity index (χ4v) is 3.80. The van der Waals surface area contributed by atoms with Crippen molar-refractivity contribution in [2.75, 3.05) is 11.5 Å². The van der Waals surface area contributed by atoms with Crippen LogP contribution < -0.4 is 22.6 Å². The predicted octanol–water partition coefficient (Wildman–Crippen LogP) is 1.50. The zero-order valence-electron chi connectivity index (χ0n) is 19.0. The second-order valence-corrected chi connectivity index (χ2v) is 7.90. The summed E-state index contributed by atoms with van der Waals surface area (Å²) in [7, 11) is 0. The van der Waals surface area contributed by atoms with E-state index in [1.165, 1.54) is 12.7 Å². The van der Waals surface area contributed by atoms with Gasteiger partial charge in [0.05, 0.1) is 25.7 Å². The third-order valence-electron chi connectivity index (χ3n) is 5.53. The molecule has 0 amide bonds. The van der Waals surface area contributed by atoms with E-state index in [1.54, 1.807) is 9.13 Å². The van der Waals surface area contributed by atoms with Gasteiger partial charge in [0, 0.05) is 0 Å². The maximum atomic E-state index is 11.6. The van der Waals surface area contributed by atoms with Crippen LogP contribution >= 0.6 is 0 Å². The first-order valence-corrected chi connectivity index (χ1v) is 11.0. The van der Waals surface area contributed by atoms with Crippen LogP contribution in [0.3, 0.4) is 0 Å². The van der Waals surface area contributed by atoms with E-state index < -0.39 is 0 Å². The Labute approximate surface area is 203 Å². The maximum absolute atomic E-state index is 11.6. The number of nitrogens with two attached hydrogens (primary N) is 2. The molecule has 0 saturated heterocycles. The lowest BCUT2D eigenvalue weighted by Crippen LogP contribution is -2.18. The van der Waals surface area contributed by atoms with Gasteiger partial charge in [-0.25, -0.2) is 9.97 Å². The second kappa shape index (κ2) is 9.54. The molecule has 12 nitrogen and oxygen atoms in total. The number of nitrogen functional groups attached to an aromatic ring is 2. The van der Waals surface area contributed by atoms with Crippen molar-refractivity contribution >= 4 is 34.2 Å². The van der Waals surface area contributed by atoms with Crippen molar-refractivity contribution in [1.82, 2.24) is 39.0 Å². The van der Waals surface area contributed by atoms with E-state index in [1.807, 2.05) is 60.7 Å². The summed E-state index contributed by atoms with van der Waals surface area (Å²) in [6.07, 6.45) is 2.93. The zero-order valence-corrected chi connectivity index (χ0v) is 19.0. The molecule has 4 aromatic heterocycles. The maximum Gasteiger partial charge on any atom is 0.300 e. The smallest absolute Gasteiger partial charge is 0.300 e. The number of fused-ring (bicyclic) bond motifs is 2. The number of hydrogen-bond donors (Lipinski definition) is 4. The minimum Gasteiger partial charge on any atom is -0.369 e. The van der Waals surface area contributed by atoms with Crippen molar-refractivity contribution in [3.05, 3.63) is 105 Å². The molecule has 0 aliphatic rings. The minimum absolute atomic E-state index is 0.170. The number of nitrogens with zero attached hydrogens (tertiary/aromatic N) is 6. The van der Waals surface area contributed by atoms with E-state index in [9.17, 15) is 9.59 Å². The number of aromatic amines is 2. The van der Waals surface area contributed by atoms with E-state index in [4.69, 9.17) is 11.5 Å². The Kier molecular flexibility index (Phi) is 5.97. The summed E-state index contributed by atoms with van der Waals surface area (Å²) in [5.41, 5.74) is 14.8. The Hall–Kier alpha value is -5.26. The molecule has 0 bridgehead atoms. The molecule has 0 aliphatic carbocycles.